The zero-order valence-electron chi connectivity index (χ0n) is 8.06. The van der Waals surface area contributed by atoms with Crippen LogP contribution in [0.15, 0.2) is 0 Å². The molecule has 0 heterocycles. The van der Waals surface area contributed by atoms with E-state index in [2.05, 4.69) is 39.6 Å². The van der Waals surface area contributed by atoms with Crippen molar-refractivity contribution in [1.29, 1.82) is 0 Å². The second-order valence-corrected chi connectivity index (χ2v) is 2.61. The summed E-state index contributed by atoms with van der Waals surface area (Å²) in [6, 6.07) is 0. The van der Waals surface area contributed by atoms with E-state index in [-0.39, 0.29) is 0 Å². The van der Waals surface area contributed by atoms with Crippen LogP contribution < -0.4 is 4.66 Å². The molecule has 0 bridgehead atoms. The molecule has 0 saturated heterocycles. The van der Waals surface area contributed by atoms with Crippen LogP contribution in [0.2, 0.25) is 0 Å². The molecule has 0 fully saturated rings. The number of hydrogen-bond acceptors (Lipinski definition) is 1. The van der Waals surface area contributed by atoms with Crippen LogP contribution in [0.1, 0.15) is 27.7 Å². The first-order chi connectivity index (χ1) is 5.24. The fraction of sp³-hybridized carbons (Fsp3) is 1.00. The van der Waals surface area contributed by atoms with Gasteiger partial charge >= 0.3 is 0 Å². The summed E-state index contributed by atoms with van der Waals surface area (Å²) in [5.74, 6) is 0. The summed E-state index contributed by atoms with van der Waals surface area (Å²) < 4.78 is 9.00. The molecule has 0 rings (SSSR count). The third-order valence-electron chi connectivity index (χ3n) is 2.68. The molecule has 3 heteroatoms. The Balaban J connectivity index is 0. The van der Waals surface area contributed by atoms with Crippen molar-refractivity contribution in [2.45, 2.75) is 27.7 Å². The van der Waals surface area contributed by atoms with Crippen LogP contribution in [0.25, 0.3) is 0 Å². The summed E-state index contributed by atoms with van der Waals surface area (Å²) in [4.78, 5) is 0. The highest BCUT2D eigenvalue weighted by Crippen LogP contribution is 2.03. The minimum atomic E-state index is 1.28. The molecule has 0 atom stereocenters. The van der Waals surface area contributed by atoms with Crippen LogP contribution in [0, 0.1) is 0 Å². The maximum absolute atomic E-state index is 7.72. The fourth-order valence-electron chi connectivity index (χ4n) is 1.34. The number of nitrogens with zero attached hydrogens (tertiary/aromatic N) is 1. The van der Waals surface area contributed by atoms with E-state index in [0.717, 1.165) is 0 Å². The molecular weight excluding hydrogens is 162 g/mol. The van der Waals surface area contributed by atoms with Gasteiger partial charge in [-0.05, 0) is 27.7 Å². The van der Waals surface area contributed by atoms with Crippen molar-refractivity contribution in [3.8, 4) is 0 Å². The van der Waals surface area contributed by atoms with E-state index < -0.39 is 0 Å². The molecule has 0 aliphatic heterocycles. The first-order valence-electron chi connectivity index (χ1n) is 4.25. The molecular formula is C8H20ClNO. The largest absolute Gasteiger partial charge is 0.769 e. The van der Waals surface area contributed by atoms with Gasteiger partial charge in [0.1, 0.15) is 0 Å². The van der Waals surface area contributed by atoms with E-state index in [4.69, 9.17) is 4.66 Å². The standard InChI is InChI=1S/C8H20N.ClO/c1-5-9(6-2,7-3)8-4;1-2/h5-8H2,1-4H3;/q+1;-1. The molecule has 0 aliphatic carbocycles. The summed E-state index contributed by atoms with van der Waals surface area (Å²) in [6.07, 6.45) is 0. The van der Waals surface area contributed by atoms with Gasteiger partial charge in [0.25, 0.3) is 0 Å². The topological polar surface area (TPSA) is 23.1 Å². The van der Waals surface area contributed by atoms with E-state index in [1.165, 1.54) is 30.7 Å². The fourth-order valence-corrected chi connectivity index (χ4v) is 1.34. The minimum Gasteiger partial charge on any atom is -0.769 e. The molecule has 70 valence electrons. The maximum atomic E-state index is 7.72. The molecule has 0 radical (unpaired) electrons. The Bertz CT molecular complexity index is 57.0. The zero-order valence-corrected chi connectivity index (χ0v) is 8.82. The van der Waals surface area contributed by atoms with Crippen LogP contribution in [-0.4, -0.2) is 30.7 Å². The summed E-state index contributed by atoms with van der Waals surface area (Å²) in [7, 11) is 0. The Kier molecular flexibility index (Phi) is 10.4. The number of hydrogen-bond donors (Lipinski definition) is 0. The molecule has 0 aromatic heterocycles. The Hall–Kier alpha value is 0.210. The van der Waals surface area contributed by atoms with Gasteiger partial charge in [0, 0.05) is 0 Å². The Morgan fingerprint density at radius 3 is 1.00 bits per heavy atom. The van der Waals surface area contributed by atoms with Gasteiger partial charge in [0.05, 0.1) is 26.2 Å². The lowest BCUT2D eigenvalue weighted by atomic mass is 10.3. The second-order valence-electron chi connectivity index (χ2n) is 2.61. The molecule has 0 spiro atoms. The van der Waals surface area contributed by atoms with Crippen LogP contribution in [0.4, 0.5) is 0 Å². The van der Waals surface area contributed by atoms with Crippen LogP contribution >= 0.6 is 11.9 Å². The summed E-state index contributed by atoms with van der Waals surface area (Å²) in [6.45, 7) is 14.2. The van der Waals surface area contributed by atoms with Crippen LogP contribution in [0.3, 0.4) is 0 Å². The van der Waals surface area contributed by atoms with Gasteiger partial charge in [-0.25, -0.2) is 11.9 Å². The van der Waals surface area contributed by atoms with Crippen molar-refractivity contribution >= 4 is 11.9 Å². The number of halogens is 1. The minimum absolute atomic E-state index is 1.28. The second kappa shape index (κ2) is 8.31. The highest BCUT2D eigenvalue weighted by Gasteiger charge is 2.16. The SMILES string of the molecule is CC[N+](CC)(CC)CC.[O-]Cl. The zero-order chi connectivity index (χ0) is 9.33. The molecule has 0 saturated carbocycles. The van der Waals surface area contributed by atoms with Gasteiger partial charge in [0.15, 0.2) is 0 Å². The lowest BCUT2D eigenvalue weighted by Gasteiger charge is -2.34. The Morgan fingerprint density at radius 1 is 0.818 bits per heavy atom. The molecule has 0 unspecified atom stereocenters. The van der Waals surface area contributed by atoms with Gasteiger partial charge in [-0.2, -0.15) is 0 Å². The summed E-state index contributed by atoms with van der Waals surface area (Å²) >= 11 is 3.39. The maximum Gasteiger partial charge on any atom is 0.0757 e. The molecule has 11 heavy (non-hydrogen) atoms. The van der Waals surface area contributed by atoms with E-state index in [1.807, 2.05) is 0 Å². The van der Waals surface area contributed by atoms with E-state index in [1.54, 1.807) is 0 Å². The quantitative estimate of drug-likeness (QED) is 0.602. The number of quaternary nitrogens is 1. The third kappa shape index (κ3) is 4.62. The predicted molar refractivity (Wildman–Crippen MR) is 48.3 cm³/mol. The molecule has 0 aliphatic rings. The summed E-state index contributed by atoms with van der Waals surface area (Å²) in [5.41, 5.74) is 0. The van der Waals surface area contributed by atoms with Crippen molar-refractivity contribution in [2.75, 3.05) is 26.2 Å². The molecule has 0 amide bonds. The van der Waals surface area contributed by atoms with Gasteiger partial charge < -0.3 is 9.14 Å². The lowest BCUT2D eigenvalue weighted by Crippen LogP contribution is -2.47. The van der Waals surface area contributed by atoms with E-state index >= 15 is 0 Å². The summed E-state index contributed by atoms with van der Waals surface area (Å²) in [5, 5.41) is 0. The lowest BCUT2D eigenvalue weighted by molar-refractivity contribution is -0.921. The third-order valence-corrected chi connectivity index (χ3v) is 2.68. The molecule has 0 aromatic carbocycles. The average Bonchev–Trinajstić information content (AvgIpc) is 2.13. The van der Waals surface area contributed by atoms with E-state index in [0.29, 0.717) is 0 Å². The van der Waals surface area contributed by atoms with Crippen molar-refractivity contribution < 1.29 is 9.14 Å². The van der Waals surface area contributed by atoms with Gasteiger partial charge in [-0.1, -0.05) is 0 Å². The van der Waals surface area contributed by atoms with Crippen molar-refractivity contribution in [2.24, 2.45) is 0 Å². The molecule has 0 N–H and O–H groups in total. The Labute approximate surface area is 75.5 Å². The normalized spacial score (nSPS) is 10.4. The van der Waals surface area contributed by atoms with Crippen molar-refractivity contribution in [3.63, 3.8) is 0 Å². The monoisotopic (exact) mass is 181 g/mol. The van der Waals surface area contributed by atoms with Crippen molar-refractivity contribution in [1.82, 2.24) is 0 Å². The van der Waals surface area contributed by atoms with E-state index in [9.17, 15) is 0 Å². The first-order valence-corrected chi connectivity index (χ1v) is 4.56. The van der Waals surface area contributed by atoms with Crippen LogP contribution in [-0.2, 0) is 0 Å². The Morgan fingerprint density at radius 2 is 1.00 bits per heavy atom. The number of rotatable bonds is 4. The first kappa shape index (κ1) is 13.8. The van der Waals surface area contributed by atoms with Gasteiger partial charge in [-0.15, -0.1) is 0 Å². The molecule has 2 nitrogen and oxygen atoms in total. The van der Waals surface area contributed by atoms with Gasteiger partial charge in [-0.3, -0.25) is 0 Å². The van der Waals surface area contributed by atoms with Gasteiger partial charge in [0.2, 0.25) is 0 Å². The highest BCUT2D eigenvalue weighted by atomic mass is 35.5. The van der Waals surface area contributed by atoms with Crippen molar-refractivity contribution in [3.05, 3.63) is 0 Å². The smallest absolute Gasteiger partial charge is 0.0757 e. The molecule has 0 aromatic rings. The predicted octanol–water partition coefficient (Wildman–Crippen LogP) is 1.38. The highest BCUT2D eigenvalue weighted by molar-refractivity contribution is 6.02. The average molecular weight is 182 g/mol. The van der Waals surface area contributed by atoms with Crippen LogP contribution in [0.5, 0.6) is 0 Å².